The van der Waals surface area contributed by atoms with E-state index >= 15 is 0 Å². The number of rotatable bonds is 4. The number of aryl methyl sites for hydroxylation is 1. The zero-order chi connectivity index (χ0) is 12.8. The molecule has 1 saturated heterocycles. The van der Waals surface area contributed by atoms with Gasteiger partial charge in [0.15, 0.2) is 0 Å². The van der Waals surface area contributed by atoms with Gasteiger partial charge in [-0.1, -0.05) is 29.8 Å². The summed E-state index contributed by atoms with van der Waals surface area (Å²) in [6.45, 7) is 5.17. The van der Waals surface area contributed by atoms with Gasteiger partial charge in [-0.25, -0.2) is 0 Å². The van der Waals surface area contributed by atoms with E-state index in [4.69, 9.17) is 0 Å². The molecule has 1 amide bonds. The second-order valence-corrected chi connectivity index (χ2v) is 5.03. The molecule has 0 aliphatic carbocycles. The zero-order valence-electron chi connectivity index (χ0n) is 11.1. The fourth-order valence-electron chi connectivity index (χ4n) is 2.39. The van der Waals surface area contributed by atoms with E-state index in [1.165, 1.54) is 17.5 Å². The number of piperidine rings is 1. The number of nitrogens with zero attached hydrogens (tertiary/aromatic N) is 1. The number of nitrogens with one attached hydrogen (secondary N) is 1. The van der Waals surface area contributed by atoms with E-state index in [9.17, 15) is 4.79 Å². The molecule has 1 aliphatic heterocycles. The molecule has 98 valence electrons. The highest BCUT2D eigenvalue weighted by Crippen LogP contribution is 2.08. The lowest BCUT2D eigenvalue weighted by Crippen LogP contribution is -2.40. The second-order valence-electron chi connectivity index (χ2n) is 5.03. The Morgan fingerprint density at radius 3 is 2.78 bits per heavy atom. The molecule has 0 atom stereocenters. The van der Waals surface area contributed by atoms with Crippen LogP contribution in [0.1, 0.15) is 30.4 Å². The molecule has 1 heterocycles. The molecular formula is C15H22N2O. The summed E-state index contributed by atoms with van der Waals surface area (Å²) in [6, 6.07) is 8.38. The van der Waals surface area contributed by atoms with Crippen LogP contribution in [-0.4, -0.2) is 30.4 Å². The van der Waals surface area contributed by atoms with Crippen LogP contribution in [0, 0.1) is 6.92 Å². The van der Waals surface area contributed by atoms with Gasteiger partial charge in [-0.3, -0.25) is 4.79 Å². The lowest BCUT2D eigenvalue weighted by atomic mass is 10.1. The van der Waals surface area contributed by atoms with Crippen molar-refractivity contribution in [1.29, 1.82) is 0 Å². The highest BCUT2D eigenvalue weighted by atomic mass is 16.2. The second kappa shape index (κ2) is 6.55. The maximum absolute atomic E-state index is 11.9. The Hall–Kier alpha value is -1.35. The maximum atomic E-state index is 11.9. The lowest BCUT2D eigenvalue weighted by Gasteiger charge is -2.26. The number of likely N-dealkylation sites (tertiary alicyclic amines) is 1. The van der Waals surface area contributed by atoms with Crippen LogP contribution in [0.5, 0.6) is 0 Å². The van der Waals surface area contributed by atoms with Crippen molar-refractivity contribution in [3.63, 3.8) is 0 Å². The van der Waals surface area contributed by atoms with Crippen molar-refractivity contribution in [1.82, 2.24) is 10.2 Å². The van der Waals surface area contributed by atoms with E-state index in [1.807, 2.05) is 4.90 Å². The summed E-state index contributed by atoms with van der Waals surface area (Å²) in [4.78, 5) is 13.9. The monoisotopic (exact) mass is 246 g/mol. The van der Waals surface area contributed by atoms with Gasteiger partial charge in [0, 0.05) is 19.6 Å². The Morgan fingerprint density at radius 2 is 2.06 bits per heavy atom. The minimum absolute atomic E-state index is 0.238. The van der Waals surface area contributed by atoms with Gasteiger partial charge in [0.1, 0.15) is 0 Å². The third kappa shape index (κ3) is 3.84. The average Bonchev–Trinajstić information content (AvgIpc) is 2.40. The number of benzene rings is 1. The molecular weight excluding hydrogens is 224 g/mol. The summed E-state index contributed by atoms with van der Waals surface area (Å²) in [5.74, 6) is 0.238. The van der Waals surface area contributed by atoms with Crippen LogP contribution in [0.4, 0.5) is 0 Å². The topological polar surface area (TPSA) is 32.3 Å². The first-order valence-electron chi connectivity index (χ1n) is 6.80. The predicted octanol–water partition coefficient (Wildman–Crippen LogP) is 2.10. The van der Waals surface area contributed by atoms with Gasteiger partial charge < -0.3 is 10.2 Å². The molecule has 0 saturated carbocycles. The molecule has 1 aromatic carbocycles. The molecule has 0 unspecified atom stereocenters. The van der Waals surface area contributed by atoms with Crippen LogP contribution >= 0.6 is 0 Å². The van der Waals surface area contributed by atoms with Crippen LogP contribution in [0.25, 0.3) is 0 Å². The fraction of sp³-hybridized carbons (Fsp3) is 0.533. The van der Waals surface area contributed by atoms with E-state index in [-0.39, 0.29) is 5.91 Å². The van der Waals surface area contributed by atoms with Gasteiger partial charge in [-0.2, -0.15) is 0 Å². The van der Waals surface area contributed by atoms with Crippen molar-refractivity contribution >= 4 is 5.91 Å². The Kier molecular flexibility index (Phi) is 4.76. The first kappa shape index (κ1) is 13.1. The molecule has 3 nitrogen and oxygen atoms in total. The Morgan fingerprint density at radius 1 is 1.28 bits per heavy atom. The molecule has 2 rings (SSSR count). The molecule has 0 bridgehead atoms. The standard InChI is InChI=1S/C15H22N2O/c1-13-6-5-7-14(10-13)11-16-12-15(18)17-8-3-2-4-9-17/h5-7,10,16H,2-4,8-9,11-12H2,1H3. The van der Waals surface area contributed by atoms with Gasteiger partial charge >= 0.3 is 0 Å². The zero-order valence-corrected chi connectivity index (χ0v) is 11.1. The van der Waals surface area contributed by atoms with Gasteiger partial charge in [-0.15, -0.1) is 0 Å². The highest BCUT2D eigenvalue weighted by Gasteiger charge is 2.15. The van der Waals surface area contributed by atoms with Crippen molar-refractivity contribution in [3.05, 3.63) is 35.4 Å². The van der Waals surface area contributed by atoms with E-state index in [2.05, 4.69) is 36.5 Å². The van der Waals surface area contributed by atoms with Crippen LogP contribution in [0.2, 0.25) is 0 Å². The van der Waals surface area contributed by atoms with E-state index in [0.29, 0.717) is 6.54 Å². The number of hydrogen-bond acceptors (Lipinski definition) is 2. The Labute approximate surface area is 109 Å². The Balaban J connectivity index is 1.73. The summed E-state index contributed by atoms with van der Waals surface area (Å²) in [5, 5.41) is 3.23. The smallest absolute Gasteiger partial charge is 0.236 e. The molecule has 1 fully saturated rings. The van der Waals surface area contributed by atoms with Crippen LogP contribution < -0.4 is 5.32 Å². The van der Waals surface area contributed by atoms with E-state index < -0.39 is 0 Å². The van der Waals surface area contributed by atoms with Gasteiger partial charge in [0.05, 0.1) is 6.54 Å². The molecule has 0 spiro atoms. The summed E-state index contributed by atoms with van der Waals surface area (Å²) < 4.78 is 0. The number of amides is 1. The van der Waals surface area contributed by atoms with Crippen LogP contribution in [-0.2, 0) is 11.3 Å². The minimum Gasteiger partial charge on any atom is -0.342 e. The highest BCUT2D eigenvalue weighted by molar-refractivity contribution is 5.78. The summed E-state index contributed by atoms with van der Waals surface area (Å²) >= 11 is 0. The largest absolute Gasteiger partial charge is 0.342 e. The van der Waals surface area contributed by atoms with E-state index in [0.717, 1.165) is 32.5 Å². The molecule has 1 N–H and O–H groups in total. The third-order valence-electron chi connectivity index (χ3n) is 3.40. The van der Waals surface area contributed by atoms with Crippen molar-refractivity contribution in [2.24, 2.45) is 0 Å². The fourth-order valence-corrected chi connectivity index (χ4v) is 2.39. The molecule has 0 aromatic heterocycles. The maximum Gasteiger partial charge on any atom is 0.236 e. The quantitative estimate of drug-likeness (QED) is 0.882. The molecule has 1 aromatic rings. The lowest BCUT2D eigenvalue weighted by molar-refractivity contribution is -0.131. The molecule has 3 heteroatoms. The van der Waals surface area contributed by atoms with Gasteiger partial charge in [0.2, 0.25) is 5.91 Å². The molecule has 1 aliphatic rings. The van der Waals surface area contributed by atoms with Crippen molar-refractivity contribution in [2.75, 3.05) is 19.6 Å². The predicted molar refractivity (Wildman–Crippen MR) is 73.3 cm³/mol. The number of carbonyl (C=O) groups excluding carboxylic acids is 1. The van der Waals surface area contributed by atoms with Crippen molar-refractivity contribution < 1.29 is 4.79 Å². The van der Waals surface area contributed by atoms with Crippen LogP contribution in [0.3, 0.4) is 0 Å². The number of carbonyl (C=O) groups is 1. The van der Waals surface area contributed by atoms with Crippen molar-refractivity contribution in [3.8, 4) is 0 Å². The van der Waals surface area contributed by atoms with Crippen LogP contribution in [0.15, 0.2) is 24.3 Å². The summed E-state index contributed by atoms with van der Waals surface area (Å²) in [5.41, 5.74) is 2.50. The first-order valence-corrected chi connectivity index (χ1v) is 6.80. The third-order valence-corrected chi connectivity index (χ3v) is 3.40. The SMILES string of the molecule is Cc1cccc(CNCC(=O)N2CCCCC2)c1. The van der Waals surface area contributed by atoms with Gasteiger partial charge in [-0.05, 0) is 31.7 Å². The normalized spacial score (nSPS) is 15.7. The Bertz CT molecular complexity index is 397. The minimum atomic E-state index is 0.238. The summed E-state index contributed by atoms with van der Waals surface area (Å²) in [7, 11) is 0. The first-order chi connectivity index (χ1) is 8.75. The van der Waals surface area contributed by atoms with Gasteiger partial charge in [0.25, 0.3) is 0 Å². The van der Waals surface area contributed by atoms with Crippen molar-refractivity contribution in [2.45, 2.75) is 32.7 Å². The average molecular weight is 246 g/mol. The molecule has 0 radical (unpaired) electrons. The summed E-state index contributed by atoms with van der Waals surface area (Å²) in [6.07, 6.45) is 3.58. The number of hydrogen-bond donors (Lipinski definition) is 1. The van der Waals surface area contributed by atoms with E-state index in [1.54, 1.807) is 0 Å². The molecule has 18 heavy (non-hydrogen) atoms.